The number of carboxylic acid groups (broad SMARTS) is 1. The van der Waals surface area contributed by atoms with Crippen LogP contribution in [-0.2, 0) is 11.3 Å². The molecule has 1 atom stereocenters. The fourth-order valence-electron chi connectivity index (χ4n) is 2.49. The van der Waals surface area contributed by atoms with E-state index in [0.717, 1.165) is 35.8 Å². The van der Waals surface area contributed by atoms with Crippen LogP contribution in [0.25, 0.3) is 10.7 Å². The normalized spacial score (nSPS) is 19.3. The van der Waals surface area contributed by atoms with E-state index in [-0.39, 0.29) is 6.04 Å². The van der Waals surface area contributed by atoms with Crippen molar-refractivity contribution in [2.45, 2.75) is 25.4 Å². The van der Waals surface area contributed by atoms with Crippen LogP contribution in [0, 0.1) is 0 Å². The largest absolute Gasteiger partial charge is 0.480 e. The Kier molecular flexibility index (Phi) is 3.75. The maximum Gasteiger partial charge on any atom is 0.320 e. The lowest BCUT2D eigenvalue weighted by Crippen LogP contribution is -2.35. The Hall–Kier alpha value is -1.79. The van der Waals surface area contributed by atoms with Crippen LogP contribution in [0.1, 0.15) is 18.5 Å². The minimum atomic E-state index is -0.734. The summed E-state index contributed by atoms with van der Waals surface area (Å²) in [5.74, 6) is -0.734. The number of aliphatic carboxylic acids is 1. The van der Waals surface area contributed by atoms with Gasteiger partial charge in [0.1, 0.15) is 11.0 Å². The second kappa shape index (κ2) is 5.68. The summed E-state index contributed by atoms with van der Waals surface area (Å²) in [5.41, 5.74) is 1.78. The number of rotatable bonds is 4. The van der Waals surface area contributed by atoms with Crippen LogP contribution in [0.4, 0.5) is 0 Å². The summed E-state index contributed by atoms with van der Waals surface area (Å²) in [7, 11) is 0. The van der Waals surface area contributed by atoms with E-state index >= 15 is 0 Å². The van der Waals surface area contributed by atoms with Crippen molar-refractivity contribution in [3.63, 3.8) is 0 Å². The maximum absolute atomic E-state index is 11.2. The number of pyridine rings is 1. The Morgan fingerprint density at radius 2 is 2.40 bits per heavy atom. The Labute approximate surface area is 120 Å². The molecule has 2 aromatic heterocycles. The molecule has 2 aromatic rings. The minimum absolute atomic E-state index is 0.366. The van der Waals surface area contributed by atoms with E-state index in [4.69, 9.17) is 0 Å². The molecule has 0 amide bonds. The Bertz CT molecular complexity index is 599. The SMILES string of the molecule is O=C(O)[C@@H]1CCCN1Cc1csc(-c2ccccn2)n1. The topological polar surface area (TPSA) is 66.3 Å². The highest BCUT2D eigenvalue weighted by Crippen LogP contribution is 2.24. The van der Waals surface area contributed by atoms with Crippen LogP contribution in [0.15, 0.2) is 29.8 Å². The van der Waals surface area contributed by atoms with Crippen LogP contribution in [0.5, 0.6) is 0 Å². The molecule has 0 saturated carbocycles. The highest BCUT2D eigenvalue weighted by atomic mass is 32.1. The van der Waals surface area contributed by atoms with Crippen LogP contribution in [0.2, 0.25) is 0 Å². The average molecular weight is 289 g/mol. The summed E-state index contributed by atoms with van der Waals surface area (Å²) in [6, 6.07) is 5.37. The molecule has 20 heavy (non-hydrogen) atoms. The number of aromatic nitrogens is 2. The highest BCUT2D eigenvalue weighted by Gasteiger charge is 2.30. The predicted octanol–water partition coefficient (Wildman–Crippen LogP) is 2.25. The molecule has 1 aliphatic rings. The van der Waals surface area contributed by atoms with Gasteiger partial charge in [-0.3, -0.25) is 14.7 Å². The quantitative estimate of drug-likeness (QED) is 0.935. The number of carboxylic acids is 1. The van der Waals surface area contributed by atoms with Crippen molar-refractivity contribution in [2.24, 2.45) is 0 Å². The molecule has 0 bridgehead atoms. The summed E-state index contributed by atoms with van der Waals surface area (Å²) in [6.07, 6.45) is 3.41. The van der Waals surface area contributed by atoms with E-state index in [1.54, 1.807) is 17.5 Å². The average Bonchev–Trinajstić information content (AvgIpc) is 3.09. The van der Waals surface area contributed by atoms with Gasteiger partial charge in [-0.05, 0) is 31.5 Å². The maximum atomic E-state index is 11.2. The van der Waals surface area contributed by atoms with Crippen LogP contribution in [0.3, 0.4) is 0 Å². The van der Waals surface area contributed by atoms with Gasteiger partial charge in [0.15, 0.2) is 0 Å². The van der Waals surface area contributed by atoms with Gasteiger partial charge < -0.3 is 5.11 Å². The first-order valence-corrected chi connectivity index (χ1v) is 7.44. The minimum Gasteiger partial charge on any atom is -0.480 e. The molecule has 104 valence electrons. The van der Waals surface area contributed by atoms with Crippen molar-refractivity contribution >= 4 is 17.3 Å². The zero-order chi connectivity index (χ0) is 13.9. The van der Waals surface area contributed by atoms with Gasteiger partial charge >= 0.3 is 5.97 Å². The molecule has 5 nitrogen and oxygen atoms in total. The van der Waals surface area contributed by atoms with Crippen molar-refractivity contribution in [1.82, 2.24) is 14.9 Å². The first-order chi connectivity index (χ1) is 9.74. The van der Waals surface area contributed by atoms with Gasteiger partial charge in [0, 0.05) is 18.1 Å². The summed E-state index contributed by atoms with van der Waals surface area (Å²) < 4.78 is 0. The van der Waals surface area contributed by atoms with E-state index in [2.05, 4.69) is 9.97 Å². The molecule has 0 aliphatic carbocycles. The third kappa shape index (κ3) is 2.71. The van der Waals surface area contributed by atoms with E-state index < -0.39 is 5.97 Å². The predicted molar refractivity (Wildman–Crippen MR) is 76.4 cm³/mol. The molecule has 1 aliphatic heterocycles. The number of nitrogens with zero attached hydrogens (tertiary/aromatic N) is 3. The fourth-order valence-corrected chi connectivity index (χ4v) is 3.28. The summed E-state index contributed by atoms with van der Waals surface area (Å²) in [4.78, 5) is 22.0. The van der Waals surface area contributed by atoms with Gasteiger partial charge in [0.05, 0.1) is 11.4 Å². The second-order valence-corrected chi connectivity index (χ2v) is 5.68. The Morgan fingerprint density at radius 1 is 1.50 bits per heavy atom. The molecular weight excluding hydrogens is 274 g/mol. The fraction of sp³-hybridized carbons (Fsp3) is 0.357. The van der Waals surface area contributed by atoms with Crippen LogP contribution < -0.4 is 0 Å². The second-order valence-electron chi connectivity index (χ2n) is 4.83. The van der Waals surface area contributed by atoms with Crippen molar-refractivity contribution in [3.05, 3.63) is 35.5 Å². The van der Waals surface area contributed by atoms with E-state index in [0.29, 0.717) is 6.54 Å². The van der Waals surface area contributed by atoms with Gasteiger partial charge in [-0.15, -0.1) is 11.3 Å². The van der Waals surface area contributed by atoms with Gasteiger partial charge in [-0.25, -0.2) is 4.98 Å². The number of carbonyl (C=O) groups is 1. The highest BCUT2D eigenvalue weighted by molar-refractivity contribution is 7.13. The standard InChI is InChI=1S/C14H15N3O2S/c18-14(19)12-5-3-7-17(12)8-10-9-20-13(16-10)11-4-1-2-6-15-11/h1-2,4,6,9,12H,3,5,7-8H2,(H,18,19)/t12-/m0/s1. The molecule has 3 rings (SSSR count). The molecule has 1 saturated heterocycles. The molecule has 0 radical (unpaired) electrons. The first kappa shape index (κ1) is 13.2. The van der Waals surface area contributed by atoms with Crippen LogP contribution in [-0.4, -0.2) is 38.5 Å². The lowest BCUT2D eigenvalue weighted by atomic mass is 10.2. The molecule has 1 N–H and O–H groups in total. The summed E-state index contributed by atoms with van der Waals surface area (Å²) in [5, 5.41) is 12.0. The lowest BCUT2D eigenvalue weighted by Gasteiger charge is -2.19. The van der Waals surface area contributed by atoms with Gasteiger partial charge in [-0.2, -0.15) is 0 Å². The molecular formula is C14H15N3O2S. The van der Waals surface area contributed by atoms with Crippen LogP contribution >= 0.6 is 11.3 Å². The number of likely N-dealkylation sites (tertiary alicyclic amines) is 1. The zero-order valence-corrected chi connectivity index (χ0v) is 11.7. The Balaban J connectivity index is 1.73. The third-order valence-corrected chi connectivity index (χ3v) is 4.36. The monoisotopic (exact) mass is 289 g/mol. The molecule has 1 fully saturated rings. The van der Waals surface area contributed by atoms with Crippen molar-refractivity contribution in [1.29, 1.82) is 0 Å². The molecule has 0 spiro atoms. The number of thiazole rings is 1. The van der Waals surface area contributed by atoms with Crippen molar-refractivity contribution in [3.8, 4) is 10.7 Å². The zero-order valence-electron chi connectivity index (χ0n) is 10.9. The van der Waals surface area contributed by atoms with Gasteiger partial charge in [0.25, 0.3) is 0 Å². The number of hydrogen-bond acceptors (Lipinski definition) is 5. The molecule has 6 heteroatoms. The first-order valence-electron chi connectivity index (χ1n) is 6.57. The molecule has 0 aromatic carbocycles. The number of hydrogen-bond donors (Lipinski definition) is 1. The van der Waals surface area contributed by atoms with E-state index in [1.807, 2.05) is 28.5 Å². The van der Waals surface area contributed by atoms with Gasteiger partial charge in [0.2, 0.25) is 0 Å². The Morgan fingerprint density at radius 3 is 3.15 bits per heavy atom. The molecule has 0 unspecified atom stereocenters. The van der Waals surface area contributed by atoms with Gasteiger partial charge in [-0.1, -0.05) is 6.07 Å². The van der Waals surface area contributed by atoms with E-state index in [1.165, 1.54) is 0 Å². The smallest absolute Gasteiger partial charge is 0.320 e. The van der Waals surface area contributed by atoms with Crippen molar-refractivity contribution < 1.29 is 9.90 Å². The lowest BCUT2D eigenvalue weighted by molar-refractivity contribution is -0.142. The van der Waals surface area contributed by atoms with E-state index in [9.17, 15) is 9.90 Å². The summed E-state index contributed by atoms with van der Waals surface area (Å²) in [6.45, 7) is 1.42. The molecule has 3 heterocycles. The third-order valence-electron chi connectivity index (χ3n) is 3.45. The summed E-state index contributed by atoms with van der Waals surface area (Å²) >= 11 is 1.55. The van der Waals surface area contributed by atoms with Crippen molar-refractivity contribution in [2.75, 3.05) is 6.54 Å².